The van der Waals surface area contributed by atoms with Crippen LogP contribution in [-0.2, 0) is 0 Å². The Morgan fingerprint density at radius 2 is 2.20 bits per heavy atom. The number of aliphatic hydroxyl groups excluding tert-OH is 1. The van der Waals surface area contributed by atoms with Gasteiger partial charge in [0.15, 0.2) is 0 Å². The molecule has 2 heterocycles. The van der Waals surface area contributed by atoms with Crippen LogP contribution < -0.4 is 10.6 Å². The molecule has 1 aliphatic rings. The van der Waals surface area contributed by atoms with E-state index in [2.05, 4.69) is 9.88 Å². The quantitative estimate of drug-likeness (QED) is 0.835. The molecule has 1 aromatic rings. The van der Waals surface area contributed by atoms with Gasteiger partial charge in [0.2, 0.25) is 0 Å². The van der Waals surface area contributed by atoms with Crippen LogP contribution in [0.2, 0.25) is 0 Å². The van der Waals surface area contributed by atoms with Gasteiger partial charge >= 0.3 is 0 Å². The van der Waals surface area contributed by atoms with E-state index in [0.717, 1.165) is 48.4 Å². The van der Waals surface area contributed by atoms with E-state index < -0.39 is 0 Å². The maximum atomic E-state index is 9.68. The molecule has 1 unspecified atom stereocenters. The number of aliphatic hydroxyl groups is 1. The zero-order valence-corrected chi connectivity index (χ0v) is 13.0. The lowest BCUT2D eigenvalue weighted by Gasteiger charge is -2.32. The lowest BCUT2D eigenvalue weighted by molar-refractivity contribution is 0.254. The Bertz CT molecular complexity index is 504. The average molecular weight is 293 g/mol. The zero-order valence-electron chi connectivity index (χ0n) is 12.2. The predicted molar refractivity (Wildman–Crippen MR) is 86.3 cm³/mol. The Balaban J connectivity index is 2.50. The van der Waals surface area contributed by atoms with Crippen LogP contribution in [0.25, 0.3) is 0 Å². The molecule has 20 heavy (non-hydrogen) atoms. The molecule has 0 bridgehead atoms. The van der Waals surface area contributed by atoms with Crippen molar-refractivity contribution in [1.82, 2.24) is 4.98 Å². The molecule has 4 nitrogen and oxygen atoms in total. The second-order valence-corrected chi connectivity index (χ2v) is 5.96. The first-order valence-corrected chi connectivity index (χ1v) is 7.61. The predicted octanol–water partition coefficient (Wildman–Crippen LogP) is 2.07. The molecule has 3 N–H and O–H groups in total. The number of nitrogens with two attached hydrogens (primary N) is 1. The Morgan fingerprint density at radius 1 is 1.45 bits per heavy atom. The van der Waals surface area contributed by atoms with Gasteiger partial charge in [0.25, 0.3) is 0 Å². The van der Waals surface area contributed by atoms with Crippen molar-refractivity contribution in [2.45, 2.75) is 45.6 Å². The van der Waals surface area contributed by atoms with Crippen LogP contribution in [0.4, 0.5) is 5.82 Å². The molecule has 0 amide bonds. The molecule has 1 saturated heterocycles. The highest BCUT2D eigenvalue weighted by atomic mass is 32.1. The number of hydrogen-bond acceptors (Lipinski definition) is 4. The molecular weight excluding hydrogens is 270 g/mol. The Hall–Kier alpha value is -1.20. The minimum Gasteiger partial charge on any atom is -0.394 e. The van der Waals surface area contributed by atoms with Gasteiger partial charge in [0, 0.05) is 12.2 Å². The van der Waals surface area contributed by atoms with Gasteiger partial charge < -0.3 is 15.7 Å². The molecule has 5 heteroatoms. The third-order valence-corrected chi connectivity index (χ3v) is 4.14. The minimum atomic E-state index is 0.110. The highest BCUT2D eigenvalue weighted by Gasteiger charge is 2.25. The molecule has 1 aromatic heterocycles. The van der Waals surface area contributed by atoms with Gasteiger partial charge in [-0.3, -0.25) is 0 Å². The van der Waals surface area contributed by atoms with E-state index in [1.165, 1.54) is 6.42 Å². The number of rotatable bonds is 3. The molecule has 1 fully saturated rings. The summed E-state index contributed by atoms with van der Waals surface area (Å²) < 4.78 is 0. The second kappa shape index (κ2) is 6.50. The molecular formula is C15H23N3OS. The van der Waals surface area contributed by atoms with Gasteiger partial charge in [-0.2, -0.15) is 0 Å². The van der Waals surface area contributed by atoms with Gasteiger partial charge in [-0.1, -0.05) is 25.1 Å². The van der Waals surface area contributed by atoms with Crippen LogP contribution in [-0.4, -0.2) is 34.3 Å². The third-order valence-electron chi connectivity index (χ3n) is 3.93. The first-order valence-electron chi connectivity index (χ1n) is 7.20. The topological polar surface area (TPSA) is 62.4 Å². The fraction of sp³-hybridized carbons (Fsp3) is 0.600. The summed E-state index contributed by atoms with van der Waals surface area (Å²) in [6, 6.07) is 2.11. The molecule has 0 aliphatic carbocycles. The fourth-order valence-corrected chi connectivity index (χ4v) is 3.23. The molecule has 1 aliphatic heterocycles. The summed E-state index contributed by atoms with van der Waals surface area (Å²) in [6.07, 6.45) is 4.44. The van der Waals surface area contributed by atoms with Crippen LogP contribution in [0.1, 0.15) is 42.5 Å². The van der Waals surface area contributed by atoms with E-state index in [1.54, 1.807) is 0 Å². The summed E-state index contributed by atoms with van der Waals surface area (Å²) in [5.41, 5.74) is 8.77. The number of hydrogen-bond donors (Lipinski definition) is 2. The number of thiocarbonyl (C=S) groups is 1. The summed E-state index contributed by atoms with van der Waals surface area (Å²) in [5.74, 6) is 0.843. The van der Waals surface area contributed by atoms with Gasteiger partial charge in [-0.25, -0.2) is 4.98 Å². The highest BCUT2D eigenvalue weighted by molar-refractivity contribution is 7.80. The van der Waals surface area contributed by atoms with Crippen LogP contribution in [0, 0.1) is 13.8 Å². The summed E-state index contributed by atoms with van der Waals surface area (Å²) in [6.45, 7) is 5.03. The van der Waals surface area contributed by atoms with Crippen molar-refractivity contribution < 1.29 is 5.11 Å². The lowest BCUT2D eigenvalue weighted by atomic mass is 10.1. The number of nitrogens with zero attached hydrogens (tertiary/aromatic N) is 2. The van der Waals surface area contributed by atoms with Crippen LogP contribution in [0.15, 0.2) is 6.07 Å². The smallest absolute Gasteiger partial charge is 0.139 e. The lowest BCUT2D eigenvalue weighted by Crippen LogP contribution is -2.39. The fourth-order valence-electron chi connectivity index (χ4n) is 2.98. The van der Waals surface area contributed by atoms with E-state index in [-0.39, 0.29) is 12.6 Å². The van der Waals surface area contributed by atoms with Crippen molar-refractivity contribution >= 4 is 23.0 Å². The van der Waals surface area contributed by atoms with Crippen LogP contribution in [0.3, 0.4) is 0 Å². The molecule has 1 atom stereocenters. The molecule has 0 saturated carbocycles. The second-order valence-electron chi connectivity index (χ2n) is 5.52. The van der Waals surface area contributed by atoms with Crippen molar-refractivity contribution in [3.63, 3.8) is 0 Å². The molecule has 110 valence electrons. The summed E-state index contributed by atoms with van der Waals surface area (Å²) >= 11 is 5.21. The molecule has 0 aromatic carbocycles. The van der Waals surface area contributed by atoms with Crippen molar-refractivity contribution in [3.05, 3.63) is 22.9 Å². The Morgan fingerprint density at radius 3 is 2.85 bits per heavy atom. The van der Waals surface area contributed by atoms with Crippen LogP contribution >= 0.6 is 12.2 Å². The normalized spacial score (nSPS) is 19.8. The number of aromatic nitrogens is 1. The SMILES string of the molecule is Cc1cc(C)c(C(N)=S)c(N2CCCCCC2CO)n1. The number of pyridine rings is 1. The first kappa shape index (κ1) is 15.2. The van der Waals surface area contributed by atoms with Crippen molar-refractivity contribution in [2.75, 3.05) is 18.1 Å². The van der Waals surface area contributed by atoms with E-state index in [4.69, 9.17) is 18.0 Å². The van der Waals surface area contributed by atoms with Gasteiger partial charge in [-0.15, -0.1) is 0 Å². The van der Waals surface area contributed by atoms with E-state index in [0.29, 0.717) is 4.99 Å². The van der Waals surface area contributed by atoms with Gasteiger partial charge in [0.1, 0.15) is 10.8 Å². The number of anilines is 1. The monoisotopic (exact) mass is 293 g/mol. The summed E-state index contributed by atoms with van der Waals surface area (Å²) in [7, 11) is 0. The standard InChI is InChI=1S/C15H23N3OS/c1-10-8-11(2)17-15(13(10)14(16)20)18-7-5-3-4-6-12(18)9-19/h8,12,19H,3-7,9H2,1-2H3,(H2,16,20). The van der Waals surface area contributed by atoms with Crippen LogP contribution in [0.5, 0.6) is 0 Å². The van der Waals surface area contributed by atoms with E-state index in [9.17, 15) is 5.11 Å². The summed E-state index contributed by atoms with van der Waals surface area (Å²) in [4.78, 5) is 7.24. The maximum Gasteiger partial charge on any atom is 0.139 e. The highest BCUT2D eigenvalue weighted by Crippen LogP contribution is 2.28. The first-order chi connectivity index (χ1) is 9.54. The minimum absolute atomic E-state index is 0.110. The molecule has 0 spiro atoms. The zero-order chi connectivity index (χ0) is 14.7. The summed E-state index contributed by atoms with van der Waals surface area (Å²) in [5, 5.41) is 9.68. The Labute approximate surface area is 126 Å². The van der Waals surface area contributed by atoms with E-state index >= 15 is 0 Å². The number of aryl methyl sites for hydroxylation is 2. The van der Waals surface area contributed by atoms with Crippen molar-refractivity contribution in [1.29, 1.82) is 0 Å². The van der Waals surface area contributed by atoms with Crippen molar-refractivity contribution in [3.8, 4) is 0 Å². The maximum absolute atomic E-state index is 9.68. The third kappa shape index (κ3) is 3.10. The largest absolute Gasteiger partial charge is 0.394 e. The van der Waals surface area contributed by atoms with Gasteiger partial charge in [-0.05, 0) is 38.3 Å². The van der Waals surface area contributed by atoms with Crippen molar-refractivity contribution in [2.24, 2.45) is 5.73 Å². The molecule has 0 radical (unpaired) electrons. The Kier molecular flexibility index (Phi) is 4.94. The van der Waals surface area contributed by atoms with Gasteiger partial charge in [0.05, 0.1) is 18.2 Å². The van der Waals surface area contributed by atoms with E-state index in [1.807, 2.05) is 19.9 Å². The molecule has 2 rings (SSSR count). The average Bonchev–Trinajstić information content (AvgIpc) is 2.61.